The second kappa shape index (κ2) is 7.67. The number of H-pyrrole nitrogens is 1. The number of aromatic nitrogens is 3. The molecule has 1 fully saturated rings. The van der Waals surface area contributed by atoms with Crippen LogP contribution >= 0.6 is 0 Å². The minimum absolute atomic E-state index is 0.0278. The highest BCUT2D eigenvalue weighted by molar-refractivity contribution is 5.88. The Balaban J connectivity index is 1.55. The predicted octanol–water partition coefficient (Wildman–Crippen LogP) is 4.51. The van der Waals surface area contributed by atoms with Crippen molar-refractivity contribution in [3.8, 4) is 5.75 Å². The molecule has 0 aliphatic carbocycles. The number of ether oxygens (including phenoxy) is 2. The molecule has 2 N–H and O–H groups in total. The monoisotopic (exact) mass is 436 g/mol. The number of nitrogens with one attached hydrogen (secondary N) is 2. The topological polar surface area (TPSA) is 72.1 Å². The summed E-state index contributed by atoms with van der Waals surface area (Å²) in [7, 11) is 0. The van der Waals surface area contributed by atoms with E-state index >= 15 is 0 Å². The molecule has 5 rings (SSSR count). The van der Waals surface area contributed by atoms with Crippen LogP contribution in [-0.4, -0.2) is 40.9 Å². The van der Waals surface area contributed by atoms with Crippen LogP contribution in [-0.2, 0) is 10.9 Å². The zero-order chi connectivity index (χ0) is 21.6. The number of alkyl halides is 4. The maximum absolute atomic E-state index is 14.7. The lowest BCUT2D eigenvalue weighted by Gasteiger charge is -2.41. The van der Waals surface area contributed by atoms with Gasteiger partial charge in [0.25, 0.3) is 0 Å². The molecule has 4 atom stereocenters. The molecule has 1 aromatic carbocycles. The first kappa shape index (κ1) is 20.0. The van der Waals surface area contributed by atoms with Gasteiger partial charge in [0, 0.05) is 24.0 Å². The summed E-state index contributed by atoms with van der Waals surface area (Å²) < 4.78 is 65.5. The van der Waals surface area contributed by atoms with Crippen molar-refractivity contribution in [3.63, 3.8) is 0 Å². The smallest absolute Gasteiger partial charge is 0.431 e. The van der Waals surface area contributed by atoms with E-state index in [1.54, 1.807) is 0 Å². The summed E-state index contributed by atoms with van der Waals surface area (Å²) in [5.74, 6) is 0.355. The lowest BCUT2D eigenvalue weighted by molar-refractivity contribution is -0.140. The molecule has 2 aromatic heterocycles. The lowest BCUT2D eigenvalue weighted by Crippen LogP contribution is -2.43. The fourth-order valence-corrected chi connectivity index (χ4v) is 4.49. The number of para-hydroxylation sites is 1. The predicted molar refractivity (Wildman–Crippen MR) is 105 cm³/mol. The number of nitrogens with zero attached hydrogens (tertiary/aromatic N) is 2. The van der Waals surface area contributed by atoms with Crippen molar-refractivity contribution in [2.75, 3.05) is 25.1 Å². The third-order valence-electron chi connectivity index (χ3n) is 6.02. The fraction of sp³-hybridized carbons (Fsp3) is 0.429. The van der Waals surface area contributed by atoms with Crippen molar-refractivity contribution in [1.82, 2.24) is 15.0 Å². The van der Waals surface area contributed by atoms with Crippen LogP contribution < -0.4 is 10.1 Å². The molecule has 1 saturated heterocycles. The zero-order valence-electron chi connectivity index (χ0n) is 16.3. The maximum atomic E-state index is 14.7. The van der Waals surface area contributed by atoms with Gasteiger partial charge in [0.2, 0.25) is 0 Å². The Morgan fingerprint density at radius 1 is 1.10 bits per heavy atom. The van der Waals surface area contributed by atoms with Gasteiger partial charge in [-0.2, -0.15) is 13.2 Å². The molecule has 3 aromatic rings. The van der Waals surface area contributed by atoms with Gasteiger partial charge in [0.1, 0.15) is 35.4 Å². The number of anilines is 1. The molecule has 0 radical (unpaired) electrons. The van der Waals surface area contributed by atoms with E-state index in [0.717, 1.165) is 11.6 Å². The molecule has 31 heavy (non-hydrogen) atoms. The molecule has 4 heterocycles. The van der Waals surface area contributed by atoms with Crippen LogP contribution in [0.15, 0.2) is 36.7 Å². The molecule has 0 bridgehead atoms. The summed E-state index contributed by atoms with van der Waals surface area (Å²) in [5, 5.41) is 3.51. The second-order valence-corrected chi connectivity index (χ2v) is 7.84. The number of benzene rings is 1. The van der Waals surface area contributed by atoms with Crippen molar-refractivity contribution in [2.24, 2.45) is 11.8 Å². The summed E-state index contributed by atoms with van der Waals surface area (Å²) in [6.45, 7) is 0.773. The van der Waals surface area contributed by atoms with Gasteiger partial charge in [0.05, 0.1) is 24.6 Å². The first-order chi connectivity index (χ1) is 14.9. The summed E-state index contributed by atoms with van der Waals surface area (Å²) in [6, 6.07) is 7.99. The highest BCUT2D eigenvalue weighted by atomic mass is 19.4. The average molecular weight is 436 g/mol. The van der Waals surface area contributed by atoms with Crippen molar-refractivity contribution in [3.05, 3.63) is 47.9 Å². The number of hydrogen-bond acceptors (Lipinski definition) is 5. The third-order valence-corrected chi connectivity index (χ3v) is 6.02. The number of halogens is 4. The molecule has 0 amide bonds. The highest BCUT2D eigenvalue weighted by Gasteiger charge is 2.42. The van der Waals surface area contributed by atoms with Gasteiger partial charge >= 0.3 is 6.18 Å². The molecule has 4 unspecified atom stereocenters. The second-order valence-electron chi connectivity index (χ2n) is 7.84. The number of hydrogen-bond donors (Lipinski definition) is 2. The summed E-state index contributed by atoms with van der Waals surface area (Å²) in [4.78, 5) is 10.4. The van der Waals surface area contributed by atoms with E-state index in [-0.39, 0.29) is 41.9 Å². The van der Waals surface area contributed by atoms with Crippen molar-refractivity contribution >= 4 is 16.9 Å². The Morgan fingerprint density at radius 3 is 2.74 bits per heavy atom. The Hall–Kier alpha value is -2.88. The van der Waals surface area contributed by atoms with E-state index in [4.69, 9.17) is 9.47 Å². The number of fused-ring (bicyclic) bond motifs is 2. The van der Waals surface area contributed by atoms with E-state index in [1.165, 1.54) is 6.33 Å². The SMILES string of the molecule is FC1COCCC1C1COc2ccccc2C1Nc1ncnc2[nH]c(C(F)(F)F)cc12. The largest absolute Gasteiger partial charge is 0.493 e. The molecule has 0 spiro atoms. The van der Waals surface area contributed by atoms with Gasteiger partial charge in [-0.05, 0) is 18.6 Å². The van der Waals surface area contributed by atoms with E-state index in [0.29, 0.717) is 18.8 Å². The fourth-order valence-electron chi connectivity index (χ4n) is 4.49. The van der Waals surface area contributed by atoms with Crippen LogP contribution in [0.25, 0.3) is 11.0 Å². The summed E-state index contributed by atoms with van der Waals surface area (Å²) in [6.07, 6.45) is -3.94. The van der Waals surface area contributed by atoms with E-state index in [1.807, 2.05) is 24.3 Å². The number of rotatable bonds is 3. The van der Waals surface area contributed by atoms with Crippen LogP contribution in [0, 0.1) is 11.8 Å². The Kier molecular flexibility index (Phi) is 4.96. The molecule has 2 aliphatic rings. The van der Waals surface area contributed by atoms with Gasteiger partial charge in [-0.3, -0.25) is 0 Å². The Morgan fingerprint density at radius 2 is 1.94 bits per heavy atom. The minimum atomic E-state index is -4.53. The molecular formula is C21H20F4N4O2. The van der Waals surface area contributed by atoms with Crippen LogP contribution in [0.5, 0.6) is 5.75 Å². The molecule has 2 aliphatic heterocycles. The van der Waals surface area contributed by atoms with Gasteiger partial charge in [0.15, 0.2) is 0 Å². The van der Waals surface area contributed by atoms with Crippen LogP contribution in [0.4, 0.5) is 23.4 Å². The maximum Gasteiger partial charge on any atom is 0.431 e. The molecule has 164 valence electrons. The van der Waals surface area contributed by atoms with E-state index in [9.17, 15) is 17.6 Å². The van der Waals surface area contributed by atoms with Gasteiger partial charge in [-0.1, -0.05) is 18.2 Å². The normalized spacial score (nSPS) is 26.3. The average Bonchev–Trinajstić information content (AvgIpc) is 3.21. The van der Waals surface area contributed by atoms with E-state index < -0.39 is 24.1 Å². The molecule has 6 nitrogen and oxygen atoms in total. The van der Waals surface area contributed by atoms with Gasteiger partial charge < -0.3 is 19.8 Å². The van der Waals surface area contributed by atoms with E-state index in [2.05, 4.69) is 20.3 Å². The Labute approximate surface area is 175 Å². The lowest BCUT2D eigenvalue weighted by atomic mass is 9.77. The molecule has 0 saturated carbocycles. The van der Waals surface area contributed by atoms with Crippen LogP contribution in [0.2, 0.25) is 0 Å². The van der Waals surface area contributed by atoms with Crippen molar-refractivity contribution in [2.45, 2.75) is 24.8 Å². The zero-order valence-corrected chi connectivity index (χ0v) is 16.3. The highest BCUT2D eigenvalue weighted by Crippen LogP contribution is 2.44. The first-order valence-corrected chi connectivity index (χ1v) is 10.0. The molecule has 10 heteroatoms. The van der Waals surface area contributed by atoms with Crippen LogP contribution in [0.3, 0.4) is 0 Å². The first-order valence-electron chi connectivity index (χ1n) is 10.0. The van der Waals surface area contributed by atoms with Gasteiger partial charge in [-0.25, -0.2) is 14.4 Å². The summed E-state index contributed by atoms with van der Waals surface area (Å²) in [5.41, 5.74) is -0.00447. The standard InChI is InChI=1S/C21H20F4N4O2/c22-15-9-30-6-5-11(15)14-8-31-16-4-2-1-3-12(16)18(14)29-20-13-7-17(21(23,24)25)28-19(13)26-10-27-20/h1-4,7,10-11,14-15,18H,5-6,8-9H2,(H2,26,27,28,29). The summed E-state index contributed by atoms with van der Waals surface area (Å²) >= 11 is 0. The minimum Gasteiger partial charge on any atom is -0.493 e. The van der Waals surface area contributed by atoms with Crippen molar-refractivity contribution < 1.29 is 27.0 Å². The van der Waals surface area contributed by atoms with Crippen LogP contribution in [0.1, 0.15) is 23.7 Å². The number of aromatic amines is 1. The van der Waals surface area contributed by atoms with Crippen molar-refractivity contribution in [1.29, 1.82) is 0 Å². The quantitative estimate of drug-likeness (QED) is 0.591. The third kappa shape index (κ3) is 3.69. The molecular weight excluding hydrogens is 416 g/mol. The Bertz CT molecular complexity index is 1090. The van der Waals surface area contributed by atoms with Gasteiger partial charge in [-0.15, -0.1) is 0 Å².